The Kier molecular flexibility index (Phi) is 4.30. The van der Waals surface area contributed by atoms with Crippen molar-refractivity contribution in [3.05, 3.63) is 70.2 Å². The largest absolute Gasteiger partial charge is 0.478 e. The maximum absolute atomic E-state index is 14.0. The van der Waals surface area contributed by atoms with E-state index in [9.17, 15) is 14.3 Å². The summed E-state index contributed by atoms with van der Waals surface area (Å²) < 4.78 is 15.4. The third-order valence-corrected chi connectivity index (χ3v) is 3.53. The molecule has 0 aliphatic rings. The third kappa shape index (κ3) is 2.99. The van der Waals surface area contributed by atoms with E-state index in [1.165, 1.54) is 23.0 Å². The molecule has 1 aromatic heterocycles. The van der Waals surface area contributed by atoms with Gasteiger partial charge in [0.25, 0.3) is 0 Å². The SMILES string of the molecule is O=C(O)c1ccccc1/C=N/n1c(-c2ccccc2F)n[nH]c1=S. The Morgan fingerprint density at radius 2 is 1.96 bits per heavy atom. The van der Waals surface area contributed by atoms with Gasteiger partial charge in [0, 0.05) is 5.56 Å². The first-order valence-electron chi connectivity index (χ1n) is 6.87. The number of halogens is 1. The van der Waals surface area contributed by atoms with Crippen molar-refractivity contribution < 1.29 is 14.3 Å². The fourth-order valence-electron chi connectivity index (χ4n) is 2.14. The van der Waals surface area contributed by atoms with Gasteiger partial charge in [0.15, 0.2) is 5.82 Å². The van der Waals surface area contributed by atoms with Crippen LogP contribution in [0.5, 0.6) is 0 Å². The summed E-state index contributed by atoms with van der Waals surface area (Å²) in [5, 5.41) is 19.9. The fraction of sp³-hybridized carbons (Fsp3) is 0. The van der Waals surface area contributed by atoms with Gasteiger partial charge in [-0.15, -0.1) is 0 Å². The molecule has 0 spiro atoms. The zero-order chi connectivity index (χ0) is 17.1. The van der Waals surface area contributed by atoms with Gasteiger partial charge in [-0.25, -0.2) is 14.3 Å². The highest BCUT2D eigenvalue weighted by molar-refractivity contribution is 7.71. The van der Waals surface area contributed by atoms with Gasteiger partial charge in [-0.2, -0.15) is 14.9 Å². The van der Waals surface area contributed by atoms with Crippen LogP contribution >= 0.6 is 12.2 Å². The summed E-state index contributed by atoms with van der Waals surface area (Å²) in [5.74, 6) is -1.33. The van der Waals surface area contributed by atoms with Crippen molar-refractivity contribution in [3.8, 4) is 11.4 Å². The number of hydrogen-bond acceptors (Lipinski definition) is 4. The number of aromatic carboxylic acids is 1. The minimum Gasteiger partial charge on any atom is -0.478 e. The summed E-state index contributed by atoms with van der Waals surface area (Å²) in [6.45, 7) is 0. The van der Waals surface area contributed by atoms with Crippen molar-refractivity contribution in [1.29, 1.82) is 0 Å². The van der Waals surface area contributed by atoms with Gasteiger partial charge in [0.05, 0.1) is 17.3 Å². The molecule has 3 aromatic rings. The molecule has 0 fully saturated rings. The summed E-state index contributed by atoms with van der Waals surface area (Å²) in [7, 11) is 0. The highest BCUT2D eigenvalue weighted by Crippen LogP contribution is 2.20. The topological polar surface area (TPSA) is 83.3 Å². The molecule has 0 bridgehead atoms. The summed E-state index contributed by atoms with van der Waals surface area (Å²) in [4.78, 5) is 11.2. The van der Waals surface area contributed by atoms with Gasteiger partial charge in [-0.1, -0.05) is 30.3 Å². The normalized spacial score (nSPS) is 11.0. The number of nitrogens with one attached hydrogen (secondary N) is 1. The summed E-state index contributed by atoms with van der Waals surface area (Å²) in [6.07, 6.45) is 1.35. The van der Waals surface area contributed by atoms with Gasteiger partial charge in [0.2, 0.25) is 4.77 Å². The van der Waals surface area contributed by atoms with Crippen molar-refractivity contribution in [1.82, 2.24) is 14.9 Å². The van der Waals surface area contributed by atoms with Crippen LogP contribution in [0, 0.1) is 10.6 Å². The van der Waals surface area contributed by atoms with Crippen molar-refractivity contribution in [3.63, 3.8) is 0 Å². The molecular weight excluding hydrogens is 331 g/mol. The average molecular weight is 342 g/mol. The van der Waals surface area contributed by atoms with Crippen molar-refractivity contribution in [2.75, 3.05) is 0 Å². The van der Waals surface area contributed by atoms with Crippen molar-refractivity contribution in [2.45, 2.75) is 0 Å². The first-order valence-corrected chi connectivity index (χ1v) is 7.28. The number of hydrogen-bond donors (Lipinski definition) is 2. The lowest BCUT2D eigenvalue weighted by Gasteiger charge is -2.03. The molecule has 0 amide bonds. The number of aromatic nitrogens is 3. The molecule has 0 radical (unpaired) electrons. The zero-order valence-electron chi connectivity index (χ0n) is 12.2. The Balaban J connectivity index is 2.07. The summed E-state index contributed by atoms with van der Waals surface area (Å²) in [5.41, 5.74) is 0.727. The van der Waals surface area contributed by atoms with Gasteiger partial charge in [-0.05, 0) is 30.4 Å². The Morgan fingerprint density at radius 1 is 1.25 bits per heavy atom. The van der Waals surface area contributed by atoms with E-state index in [0.29, 0.717) is 5.56 Å². The van der Waals surface area contributed by atoms with Crippen LogP contribution in [0.1, 0.15) is 15.9 Å². The molecule has 0 saturated carbocycles. The van der Waals surface area contributed by atoms with E-state index in [4.69, 9.17) is 12.2 Å². The third-order valence-electron chi connectivity index (χ3n) is 3.27. The molecule has 24 heavy (non-hydrogen) atoms. The highest BCUT2D eigenvalue weighted by atomic mass is 32.1. The van der Waals surface area contributed by atoms with Crippen LogP contribution in [0.4, 0.5) is 4.39 Å². The quantitative estimate of drug-likeness (QED) is 0.563. The molecule has 6 nitrogen and oxygen atoms in total. The maximum Gasteiger partial charge on any atom is 0.336 e. The Hall–Kier alpha value is -3.13. The Labute approximate surface area is 140 Å². The van der Waals surface area contributed by atoms with Crippen LogP contribution in [0.25, 0.3) is 11.4 Å². The Morgan fingerprint density at radius 3 is 2.71 bits per heavy atom. The molecule has 0 aliphatic carbocycles. The Bertz CT molecular complexity index is 993. The van der Waals surface area contributed by atoms with Crippen molar-refractivity contribution >= 4 is 24.4 Å². The van der Waals surface area contributed by atoms with Crippen molar-refractivity contribution in [2.24, 2.45) is 5.10 Å². The number of carbonyl (C=O) groups is 1. The molecule has 1 heterocycles. The zero-order valence-corrected chi connectivity index (χ0v) is 13.0. The first kappa shape index (κ1) is 15.8. The lowest BCUT2D eigenvalue weighted by atomic mass is 10.1. The number of aromatic amines is 1. The molecule has 0 saturated heterocycles. The van der Waals surface area contributed by atoms with E-state index in [1.54, 1.807) is 36.4 Å². The fourth-order valence-corrected chi connectivity index (χ4v) is 2.32. The van der Waals surface area contributed by atoms with Gasteiger partial charge in [0.1, 0.15) is 5.82 Å². The molecule has 8 heteroatoms. The van der Waals surface area contributed by atoms with Crippen LogP contribution < -0.4 is 0 Å². The molecular formula is C16H11FN4O2S. The van der Waals surface area contributed by atoms with Crippen LogP contribution in [-0.4, -0.2) is 32.2 Å². The maximum atomic E-state index is 14.0. The molecule has 3 rings (SSSR count). The summed E-state index contributed by atoms with van der Waals surface area (Å²) in [6, 6.07) is 12.5. The highest BCUT2D eigenvalue weighted by Gasteiger charge is 2.13. The molecule has 2 aromatic carbocycles. The lowest BCUT2D eigenvalue weighted by molar-refractivity contribution is 0.0697. The van der Waals surface area contributed by atoms with E-state index in [2.05, 4.69) is 15.3 Å². The lowest BCUT2D eigenvalue weighted by Crippen LogP contribution is -2.03. The molecule has 0 atom stereocenters. The monoisotopic (exact) mass is 342 g/mol. The second-order valence-corrected chi connectivity index (χ2v) is 5.17. The molecule has 120 valence electrons. The van der Waals surface area contributed by atoms with Crippen LogP contribution in [0.15, 0.2) is 53.6 Å². The number of nitrogens with zero attached hydrogens (tertiary/aromatic N) is 3. The van der Waals surface area contributed by atoms with Gasteiger partial charge in [-0.3, -0.25) is 0 Å². The molecule has 0 aliphatic heterocycles. The van der Waals surface area contributed by atoms with E-state index < -0.39 is 11.8 Å². The predicted molar refractivity (Wildman–Crippen MR) is 89.2 cm³/mol. The van der Waals surface area contributed by atoms with Gasteiger partial charge < -0.3 is 5.11 Å². The number of carboxylic acid groups (broad SMARTS) is 1. The number of rotatable bonds is 4. The summed E-state index contributed by atoms with van der Waals surface area (Å²) >= 11 is 5.11. The van der Waals surface area contributed by atoms with E-state index in [1.807, 2.05) is 0 Å². The van der Waals surface area contributed by atoms with Crippen LogP contribution in [-0.2, 0) is 0 Å². The number of benzene rings is 2. The van der Waals surface area contributed by atoms with Crippen LogP contribution in [0.2, 0.25) is 0 Å². The van der Waals surface area contributed by atoms with E-state index >= 15 is 0 Å². The first-order chi connectivity index (χ1) is 11.6. The minimum absolute atomic E-state index is 0.101. The smallest absolute Gasteiger partial charge is 0.336 e. The van der Waals surface area contributed by atoms with E-state index in [-0.39, 0.29) is 21.7 Å². The predicted octanol–water partition coefficient (Wildman–Crippen LogP) is 3.33. The second-order valence-electron chi connectivity index (χ2n) is 4.78. The van der Waals surface area contributed by atoms with E-state index in [0.717, 1.165) is 0 Å². The molecule has 2 N–H and O–H groups in total. The molecule has 0 unspecified atom stereocenters. The van der Waals surface area contributed by atoms with Crippen LogP contribution in [0.3, 0.4) is 0 Å². The average Bonchev–Trinajstić information content (AvgIpc) is 2.94. The minimum atomic E-state index is -1.07. The standard InChI is InChI=1S/C16H11FN4O2S/c17-13-8-4-3-7-12(13)14-19-20-16(24)21(14)18-9-10-5-1-2-6-11(10)15(22)23/h1-9H,(H,20,24)(H,22,23)/b18-9+. The number of H-pyrrole nitrogens is 1. The second kappa shape index (κ2) is 6.55. The van der Waals surface area contributed by atoms with Gasteiger partial charge >= 0.3 is 5.97 Å². The number of carboxylic acids is 1.